The molecule has 2 rings (SSSR count). The van der Waals surface area contributed by atoms with Gasteiger partial charge in [0.1, 0.15) is 0 Å². The van der Waals surface area contributed by atoms with E-state index in [-0.39, 0.29) is 0 Å². The highest BCUT2D eigenvalue weighted by Crippen LogP contribution is 2.32. The van der Waals surface area contributed by atoms with Crippen LogP contribution in [0, 0.1) is 0 Å². The van der Waals surface area contributed by atoms with Crippen LogP contribution in [0.4, 0.5) is 0 Å². The van der Waals surface area contributed by atoms with Crippen molar-refractivity contribution < 1.29 is 0 Å². The summed E-state index contributed by atoms with van der Waals surface area (Å²) < 4.78 is 0. The number of hydrogen-bond donors (Lipinski definition) is 1. The number of hydrogen-bond acceptors (Lipinski definition) is 1. The van der Waals surface area contributed by atoms with Crippen molar-refractivity contribution >= 4 is 0 Å². The molecule has 0 saturated heterocycles. The topological polar surface area (TPSA) is 26.0 Å². The van der Waals surface area contributed by atoms with Gasteiger partial charge in [-0.25, -0.2) is 0 Å². The molecule has 54 valence electrons. The molecular formula is C9H13N. The van der Waals surface area contributed by atoms with Crippen LogP contribution in [0.2, 0.25) is 0 Å². The molecular weight excluding hydrogens is 122 g/mol. The van der Waals surface area contributed by atoms with Crippen LogP contribution in [0.5, 0.6) is 0 Å². The molecule has 0 amide bonds. The molecule has 0 aromatic rings. The lowest BCUT2D eigenvalue weighted by Gasteiger charge is -2.09. The summed E-state index contributed by atoms with van der Waals surface area (Å²) in [6.45, 7) is 0. The molecule has 1 unspecified atom stereocenters. The average molecular weight is 135 g/mol. The van der Waals surface area contributed by atoms with E-state index < -0.39 is 0 Å². The van der Waals surface area contributed by atoms with E-state index in [0.29, 0.717) is 6.04 Å². The molecule has 2 N–H and O–H groups in total. The zero-order chi connectivity index (χ0) is 6.97. The van der Waals surface area contributed by atoms with E-state index in [9.17, 15) is 0 Å². The van der Waals surface area contributed by atoms with Gasteiger partial charge in [-0.1, -0.05) is 17.7 Å². The average Bonchev–Trinajstić information content (AvgIpc) is 2.34. The summed E-state index contributed by atoms with van der Waals surface area (Å²) in [5.74, 6) is 0. The Kier molecular flexibility index (Phi) is 1.38. The number of nitrogens with two attached hydrogens (primary N) is 1. The van der Waals surface area contributed by atoms with Crippen molar-refractivity contribution in [1.82, 2.24) is 0 Å². The van der Waals surface area contributed by atoms with E-state index in [2.05, 4.69) is 12.2 Å². The second kappa shape index (κ2) is 2.24. The first-order valence-electron chi connectivity index (χ1n) is 4.02. The minimum absolute atomic E-state index is 0.353. The Hall–Kier alpha value is -0.560. The van der Waals surface area contributed by atoms with Gasteiger partial charge in [-0.2, -0.15) is 0 Å². The van der Waals surface area contributed by atoms with Crippen LogP contribution in [0.15, 0.2) is 23.3 Å². The summed E-state index contributed by atoms with van der Waals surface area (Å²) >= 11 is 0. The molecule has 0 bridgehead atoms. The molecule has 0 radical (unpaired) electrons. The van der Waals surface area contributed by atoms with Crippen LogP contribution < -0.4 is 5.73 Å². The van der Waals surface area contributed by atoms with Crippen molar-refractivity contribution in [1.29, 1.82) is 0 Å². The van der Waals surface area contributed by atoms with Gasteiger partial charge in [-0.05, 0) is 31.3 Å². The molecule has 0 saturated carbocycles. The zero-order valence-corrected chi connectivity index (χ0v) is 6.14. The van der Waals surface area contributed by atoms with Gasteiger partial charge >= 0.3 is 0 Å². The Morgan fingerprint density at radius 3 is 3.10 bits per heavy atom. The van der Waals surface area contributed by atoms with E-state index in [1.165, 1.54) is 31.3 Å². The maximum absolute atomic E-state index is 5.88. The molecule has 0 heterocycles. The van der Waals surface area contributed by atoms with Crippen molar-refractivity contribution in [3.05, 3.63) is 23.3 Å². The van der Waals surface area contributed by atoms with Crippen molar-refractivity contribution in [2.45, 2.75) is 31.7 Å². The Bertz CT molecular complexity index is 201. The third-order valence-electron chi connectivity index (χ3n) is 2.48. The Morgan fingerprint density at radius 1 is 1.40 bits per heavy atom. The van der Waals surface area contributed by atoms with Crippen molar-refractivity contribution in [3.63, 3.8) is 0 Å². The lowest BCUT2D eigenvalue weighted by molar-refractivity contribution is 0.756. The van der Waals surface area contributed by atoms with Gasteiger partial charge in [0.05, 0.1) is 0 Å². The monoisotopic (exact) mass is 135 g/mol. The van der Waals surface area contributed by atoms with Gasteiger partial charge in [0, 0.05) is 6.04 Å². The Balaban J connectivity index is 2.30. The third kappa shape index (κ3) is 0.816. The highest BCUT2D eigenvalue weighted by Gasteiger charge is 2.20. The molecule has 1 heteroatoms. The van der Waals surface area contributed by atoms with Gasteiger partial charge in [0.25, 0.3) is 0 Å². The molecule has 1 atom stereocenters. The van der Waals surface area contributed by atoms with Gasteiger partial charge in [0.15, 0.2) is 0 Å². The van der Waals surface area contributed by atoms with Crippen LogP contribution in [0.25, 0.3) is 0 Å². The highest BCUT2D eigenvalue weighted by atomic mass is 14.6. The third-order valence-corrected chi connectivity index (χ3v) is 2.48. The van der Waals surface area contributed by atoms with Gasteiger partial charge in [0.2, 0.25) is 0 Å². The molecule has 1 nitrogen and oxygen atoms in total. The predicted octanol–water partition coefficient (Wildman–Crippen LogP) is 1.75. The largest absolute Gasteiger partial charge is 0.324 e. The SMILES string of the molecule is NC1CCC2=C1C=CCC2. The van der Waals surface area contributed by atoms with Gasteiger partial charge in [-0.15, -0.1) is 0 Å². The minimum Gasteiger partial charge on any atom is -0.324 e. The molecule has 0 aromatic heterocycles. The van der Waals surface area contributed by atoms with Crippen molar-refractivity contribution in [3.8, 4) is 0 Å². The normalized spacial score (nSPS) is 31.1. The van der Waals surface area contributed by atoms with E-state index in [4.69, 9.17) is 5.73 Å². The van der Waals surface area contributed by atoms with E-state index >= 15 is 0 Å². The fourth-order valence-corrected chi connectivity index (χ4v) is 1.87. The summed E-state index contributed by atoms with van der Waals surface area (Å²) in [6, 6.07) is 0.353. The smallest absolute Gasteiger partial charge is 0.0297 e. The number of allylic oxidation sites excluding steroid dienone is 2. The first kappa shape index (κ1) is 6.17. The zero-order valence-electron chi connectivity index (χ0n) is 6.14. The van der Waals surface area contributed by atoms with E-state index in [1.54, 1.807) is 5.57 Å². The fraction of sp³-hybridized carbons (Fsp3) is 0.556. The van der Waals surface area contributed by atoms with Gasteiger partial charge in [-0.3, -0.25) is 0 Å². The first-order valence-corrected chi connectivity index (χ1v) is 4.02. The van der Waals surface area contributed by atoms with Crippen LogP contribution in [0.1, 0.15) is 25.7 Å². The second-order valence-corrected chi connectivity index (χ2v) is 3.15. The molecule has 0 aliphatic heterocycles. The molecule has 2 aliphatic carbocycles. The van der Waals surface area contributed by atoms with Crippen LogP contribution in [-0.4, -0.2) is 6.04 Å². The lowest BCUT2D eigenvalue weighted by Crippen LogP contribution is -2.17. The van der Waals surface area contributed by atoms with Crippen LogP contribution in [0.3, 0.4) is 0 Å². The maximum atomic E-state index is 5.88. The molecule has 0 spiro atoms. The highest BCUT2D eigenvalue weighted by molar-refractivity contribution is 5.37. The Morgan fingerprint density at radius 2 is 2.30 bits per heavy atom. The maximum Gasteiger partial charge on any atom is 0.0297 e. The predicted molar refractivity (Wildman–Crippen MR) is 42.6 cm³/mol. The summed E-state index contributed by atoms with van der Waals surface area (Å²) in [6.07, 6.45) is 9.38. The standard InChI is InChI=1S/C9H13N/c10-9-6-5-7-3-1-2-4-8(7)9/h2,4,9H,1,3,5-6,10H2. The van der Waals surface area contributed by atoms with Crippen LogP contribution >= 0.6 is 0 Å². The summed E-state index contributed by atoms with van der Waals surface area (Å²) in [5.41, 5.74) is 8.94. The molecule has 2 aliphatic rings. The summed E-state index contributed by atoms with van der Waals surface area (Å²) in [4.78, 5) is 0. The summed E-state index contributed by atoms with van der Waals surface area (Å²) in [5, 5.41) is 0. The van der Waals surface area contributed by atoms with Crippen LogP contribution in [-0.2, 0) is 0 Å². The summed E-state index contributed by atoms with van der Waals surface area (Å²) in [7, 11) is 0. The quantitative estimate of drug-likeness (QED) is 0.538. The molecule has 10 heavy (non-hydrogen) atoms. The Labute approximate surface area is 61.6 Å². The number of rotatable bonds is 0. The fourth-order valence-electron chi connectivity index (χ4n) is 1.87. The molecule has 0 fully saturated rings. The molecule has 0 aromatic carbocycles. The minimum atomic E-state index is 0.353. The van der Waals surface area contributed by atoms with Crippen molar-refractivity contribution in [2.75, 3.05) is 0 Å². The van der Waals surface area contributed by atoms with Gasteiger partial charge < -0.3 is 5.73 Å². The van der Waals surface area contributed by atoms with Crippen molar-refractivity contribution in [2.24, 2.45) is 5.73 Å². The van der Waals surface area contributed by atoms with E-state index in [1.807, 2.05) is 0 Å². The second-order valence-electron chi connectivity index (χ2n) is 3.15. The first-order chi connectivity index (χ1) is 4.88. The lowest BCUT2D eigenvalue weighted by atomic mass is 9.99. The van der Waals surface area contributed by atoms with E-state index in [0.717, 1.165) is 0 Å².